The van der Waals surface area contributed by atoms with Crippen LogP contribution in [0.5, 0.6) is 0 Å². The topological polar surface area (TPSA) is 82.0 Å². The first-order chi connectivity index (χ1) is 10.7. The molecule has 2 aromatic carbocycles. The van der Waals surface area contributed by atoms with Gasteiger partial charge in [-0.05, 0) is 48.4 Å². The molecular weight excluding hydrogens is 278 g/mol. The summed E-state index contributed by atoms with van der Waals surface area (Å²) in [5, 5.41) is 14.5. The number of benzene rings is 2. The lowest BCUT2D eigenvalue weighted by Gasteiger charge is -2.17. The molecule has 1 aliphatic rings. The molecule has 2 amide bonds. The fourth-order valence-electron chi connectivity index (χ4n) is 2.39. The van der Waals surface area contributed by atoms with Gasteiger partial charge in [0.2, 0.25) is 5.91 Å². The molecule has 1 aliphatic heterocycles. The van der Waals surface area contributed by atoms with Crippen LogP contribution in [0.2, 0.25) is 0 Å². The Labute approximate surface area is 127 Å². The number of fused-ring (bicyclic) bond motifs is 1. The summed E-state index contributed by atoms with van der Waals surface area (Å²) in [6.07, 6.45) is 1.11. The van der Waals surface area contributed by atoms with Crippen LogP contribution in [0, 0.1) is 11.3 Å². The second-order valence-corrected chi connectivity index (χ2v) is 5.07. The molecule has 5 heteroatoms. The van der Waals surface area contributed by atoms with Crippen LogP contribution < -0.4 is 10.6 Å². The highest BCUT2D eigenvalue weighted by Gasteiger charge is 2.15. The van der Waals surface area contributed by atoms with E-state index in [0.29, 0.717) is 29.7 Å². The van der Waals surface area contributed by atoms with Crippen LogP contribution in [0.15, 0.2) is 42.5 Å². The molecule has 22 heavy (non-hydrogen) atoms. The smallest absolute Gasteiger partial charge is 0.255 e. The highest BCUT2D eigenvalue weighted by atomic mass is 16.2. The first-order valence-corrected chi connectivity index (χ1v) is 6.90. The van der Waals surface area contributed by atoms with Crippen LogP contribution in [0.3, 0.4) is 0 Å². The molecule has 0 unspecified atom stereocenters. The van der Waals surface area contributed by atoms with Crippen molar-refractivity contribution in [2.24, 2.45) is 0 Å². The summed E-state index contributed by atoms with van der Waals surface area (Å²) in [6.45, 7) is 0. The lowest BCUT2D eigenvalue weighted by molar-refractivity contribution is -0.116. The van der Waals surface area contributed by atoms with E-state index < -0.39 is 0 Å². The molecule has 1 heterocycles. The third-order valence-corrected chi connectivity index (χ3v) is 3.51. The molecule has 0 spiro atoms. The zero-order valence-electron chi connectivity index (χ0n) is 11.7. The summed E-state index contributed by atoms with van der Waals surface area (Å²) in [7, 11) is 0. The molecule has 108 valence electrons. The minimum Gasteiger partial charge on any atom is -0.326 e. The molecule has 0 saturated heterocycles. The predicted octanol–water partition coefficient (Wildman–Crippen LogP) is 2.70. The number of nitrogens with zero attached hydrogens (tertiary/aromatic N) is 1. The molecule has 3 rings (SSSR count). The molecule has 0 saturated carbocycles. The van der Waals surface area contributed by atoms with Gasteiger partial charge in [0.25, 0.3) is 5.91 Å². The maximum Gasteiger partial charge on any atom is 0.255 e. The number of anilines is 2. The maximum atomic E-state index is 12.2. The molecule has 0 bridgehead atoms. The van der Waals surface area contributed by atoms with Gasteiger partial charge in [-0.25, -0.2) is 0 Å². The summed E-state index contributed by atoms with van der Waals surface area (Å²) in [4.78, 5) is 23.5. The van der Waals surface area contributed by atoms with E-state index in [-0.39, 0.29) is 11.8 Å². The summed E-state index contributed by atoms with van der Waals surface area (Å²) < 4.78 is 0. The number of aryl methyl sites for hydroxylation is 1. The monoisotopic (exact) mass is 291 g/mol. The second-order valence-electron chi connectivity index (χ2n) is 5.07. The van der Waals surface area contributed by atoms with Gasteiger partial charge in [0.1, 0.15) is 0 Å². The van der Waals surface area contributed by atoms with Gasteiger partial charge in [-0.1, -0.05) is 6.07 Å². The standard InChI is InChI=1S/C17H13N3O2/c18-10-11-2-1-3-13(8-11)17(22)19-14-5-6-15-12(9-14)4-7-16(21)20-15/h1-3,5-6,8-9H,4,7H2,(H,19,22)(H,20,21). The van der Waals surface area contributed by atoms with E-state index in [1.807, 2.05) is 12.1 Å². The van der Waals surface area contributed by atoms with Crippen LogP contribution in [0.1, 0.15) is 27.9 Å². The Hall–Kier alpha value is -3.13. The van der Waals surface area contributed by atoms with E-state index in [1.54, 1.807) is 36.4 Å². The van der Waals surface area contributed by atoms with Crippen LogP contribution in [0.4, 0.5) is 11.4 Å². The number of hydrogen-bond donors (Lipinski definition) is 2. The van der Waals surface area contributed by atoms with Gasteiger partial charge in [-0.3, -0.25) is 9.59 Å². The van der Waals surface area contributed by atoms with E-state index in [4.69, 9.17) is 5.26 Å². The van der Waals surface area contributed by atoms with Crippen molar-refractivity contribution in [3.63, 3.8) is 0 Å². The van der Waals surface area contributed by atoms with Crippen molar-refractivity contribution in [1.29, 1.82) is 5.26 Å². The predicted molar refractivity (Wildman–Crippen MR) is 82.5 cm³/mol. The number of hydrogen-bond acceptors (Lipinski definition) is 3. The van der Waals surface area contributed by atoms with Crippen LogP contribution in [-0.2, 0) is 11.2 Å². The first-order valence-electron chi connectivity index (χ1n) is 6.90. The first kappa shape index (κ1) is 13.8. The summed E-state index contributed by atoms with van der Waals surface area (Å²) in [5.74, 6) is -0.255. The molecule has 5 nitrogen and oxygen atoms in total. The molecule has 0 aliphatic carbocycles. The van der Waals surface area contributed by atoms with Gasteiger partial charge in [0.05, 0.1) is 11.6 Å². The normalized spacial score (nSPS) is 12.8. The molecule has 0 fully saturated rings. The van der Waals surface area contributed by atoms with Gasteiger partial charge >= 0.3 is 0 Å². The summed E-state index contributed by atoms with van der Waals surface area (Å²) in [5.41, 5.74) is 3.34. The van der Waals surface area contributed by atoms with Crippen LogP contribution >= 0.6 is 0 Å². The van der Waals surface area contributed by atoms with E-state index in [1.165, 1.54) is 0 Å². The lowest BCUT2D eigenvalue weighted by atomic mass is 10.0. The van der Waals surface area contributed by atoms with Crippen molar-refractivity contribution in [1.82, 2.24) is 0 Å². The highest BCUT2D eigenvalue weighted by Crippen LogP contribution is 2.25. The second kappa shape index (κ2) is 5.70. The number of carbonyl (C=O) groups is 2. The molecule has 0 atom stereocenters. The average molecular weight is 291 g/mol. The van der Waals surface area contributed by atoms with Gasteiger partial charge in [-0.2, -0.15) is 5.26 Å². The molecular formula is C17H13N3O2. The summed E-state index contributed by atoms with van der Waals surface area (Å²) in [6, 6.07) is 13.9. The number of rotatable bonds is 2. The van der Waals surface area contributed by atoms with Gasteiger partial charge in [-0.15, -0.1) is 0 Å². The van der Waals surface area contributed by atoms with Crippen molar-refractivity contribution >= 4 is 23.2 Å². The van der Waals surface area contributed by atoms with E-state index >= 15 is 0 Å². The molecule has 2 aromatic rings. The lowest BCUT2D eigenvalue weighted by Crippen LogP contribution is -2.19. The van der Waals surface area contributed by atoms with Gasteiger partial charge < -0.3 is 10.6 Å². The zero-order chi connectivity index (χ0) is 15.5. The third-order valence-electron chi connectivity index (χ3n) is 3.51. The van der Waals surface area contributed by atoms with E-state index in [9.17, 15) is 9.59 Å². The Morgan fingerprint density at radius 2 is 2.05 bits per heavy atom. The van der Waals surface area contributed by atoms with Crippen LogP contribution in [-0.4, -0.2) is 11.8 Å². The van der Waals surface area contributed by atoms with Crippen molar-refractivity contribution in [2.75, 3.05) is 10.6 Å². The Kier molecular flexibility index (Phi) is 3.58. The summed E-state index contributed by atoms with van der Waals surface area (Å²) >= 11 is 0. The number of nitriles is 1. The number of amides is 2. The zero-order valence-corrected chi connectivity index (χ0v) is 11.7. The largest absolute Gasteiger partial charge is 0.326 e. The molecule has 0 aromatic heterocycles. The SMILES string of the molecule is N#Cc1cccc(C(=O)Nc2ccc3c(c2)CCC(=O)N3)c1. The Morgan fingerprint density at radius 3 is 2.86 bits per heavy atom. The average Bonchev–Trinajstić information content (AvgIpc) is 2.55. The van der Waals surface area contributed by atoms with Crippen molar-refractivity contribution in [3.8, 4) is 6.07 Å². The Bertz CT molecular complexity index is 806. The van der Waals surface area contributed by atoms with Crippen molar-refractivity contribution in [2.45, 2.75) is 12.8 Å². The van der Waals surface area contributed by atoms with Gasteiger partial charge in [0, 0.05) is 23.4 Å². The van der Waals surface area contributed by atoms with Gasteiger partial charge in [0.15, 0.2) is 0 Å². The van der Waals surface area contributed by atoms with Crippen molar-refractivity contribution in [3.05, 3.63) is 59.2 Å². The third kappa shape index (κ3) is 2.81. The minimum absolute atomic E-state index is 0.0117. The number of nitrogens with one attached hydrogen (secondary N) is 2. The maximum absolute atomic E-state index is 12.2. The number of carbonyl (C=O) groups excluding carboxylic acids is 2. The minimum atomic E-state index is -0.267. The molecule has 0 radical (unpaired) electrons. The molecule has 2 N–H and O–H groups in total. The van der Waals surface area contributed by atoms with Crippen LogP contribution in [0.25, 0.3) is 0 Å². The van der Waals surface area contributed by atoms with E-state index in [0.717, 1.165) is 11.3 Å². The van der Waals surface area contributed by atoms with Crippen molar-refractivity contribution < 1.29 is 9.59 Å². The highest BCUT2D eigenvalue weighted by molar-refractivity contribution is 6.04. The Morgan fingerprint density at radius 1 is 1.18 bits per heavy atom. The fraction of sp³-hybridized carbons (Fsp3) is 0.118. The quantitative estimate of drug-likeness (QED) is 0.892. The fourth-order valence-corrected chi connectivity index (χ4v) is 2.39. The Balaban J connectivity index is 1.80. The van der Waals surface area contributed by atoms with E-state index in [2.05, 4.69) is 10.6 Å².